The van der Waals surface area contributed by atoms with Crippen molar-refractivity contribution < 1.29 is 19.4 Å². The number of carboxylic acid groups (broad SMARTS) is 1. The minimum atomic E-state index is -0.775. The Morgan fingerprint density at radius 2 is 2.00 bits per heavy atom. The summed E-state index contributed by atoms with van der Waals surface area (Å²) in [6, 6.07) is 5.46. The van der Waals surface area contributed by atoms with E-state index in [1.165, 1.54) is 0 Å². The number of carbonyl (C=O) groups excluding carboxylic acids is 1. The van der Waals surface area contributed by atoms with E-state index in [9.17, 15) is 9.59 Å². The maximum absolute atomic E-state index is 12.1. The first-order chi connectivity index (χ1) is 10.9. The van der Waals surface area contributed by atoms with Gasteiger partial charge in [-0.1, -0.05) is 19.4 Å². The zero-order chi connectivity index (χ0) is 17.2. The molecule has 0 saturated carbocycles. The molecule has 1 amide bonds. The third-order valence-corrected chi connectivity index (χ3v) is 3.71. The van der Waals surface area contributed by atoms with E-state index in [1.807, 2.05) is 19.9 Å². The van der Waals surface area contributed by atoms with Gasteiger partial charge in [0.15, 0.2) is 0 Å². The zero-order valence-corrected chi connectivity index (χ0v) is 14.2. The fraction of sp³-hybridized carbons (Fsp3) is 0.556. The average Bonchev–Trinajstić information content (AvgIpc) is 2.52. The largest absolute Gasteiger partial charge is 0.490 e. The molecule has 1 rings (SSSR count). The molecule has 0 aliphatic rings. The molecule has 5 nitrogen and oxygen atoms in total. The molecule has 0 heterocycles. The minimum absolute atomic E-state index is 0.112. The van der Waals surface area contributed by atoms with Crippen LogP contribution in [0, 0.1) is 6.92 Å². The summed E-state index contributed by atoms with van der Waals surface area (Å²) in [5, 5.41) is 11.4. The van der Waals surface area contributed by atoms with E-state index >= 15 is 0 Å². The van der Waals surface area contributed by atoms with Crippen molar-refractivity contribution in [1.82, 2.24) is 5.32 Å². The van der Waals surface area contributed by atoms with E-state index in [0.29, 0.717) is 18.5 Å². The lowest BCUT2D eigenvalue weighted by molar-refractivity contribution is -0.137. The first-order valence-corrected chi connectivity index (χ1v) is 8.21. The highest BCUT2D eigenvalue weighted by Crippen LogP contribution is 2.21. The number of unbranched alkanes of at least 4 members (excludes halogenated alkanes) is 2. The van der Waals surface area contributed by atoms with Crippen LogP contribution in [0.3, 0.4) is 0 Å². The molecule has 1 aromatic rings. The van der Waals surface area contributed by atoms with Crippen molar-refractivity contribution in [3.05, 3.63) is 29.3 Å². The quantitative estimate of drug-likeness (QED) is 0.646. The van der Waals surface area contributed by atoms with Gasteiger partial charge in [0.25, 0.3) is 5.91 Å². The Morgan fingerprint density at radius 3 is 2.65 bits per heavy atom. The van der Waals surface area contributed by atoms with Crippen LogP contribution in [0.2, 0.25) is 0 Å². The maximum atomic E-state index is 12.1. The van der Waals surface area contributed by atoms with Gasteiger partial charge in [0, 0.05) is 18.5 Å². The molecule has 2 N–H and O–H groups in total. The summed E-state index contributed by atoms with van der Waals surface area (Å²) in [6.45, 7) is 6.57. The van der Waals surface area contributed by atoms with Crippen molar-refractivity contribution in [2.24, 2.45) is 0 Å². The van der Waals surface area contributed by atoms with Crippen LogP contribution in [0.25, 0.3) is 0 Å². The predicted octanol–water partition coefficient (Wildman–Crippen LogP) is 3.55. The van der Waals surface area contributed by atoms with Crippen LogP contribution in [0.1, 0.15) is 61.9 Å². The van der Waals surface area contributed by atoms with Gasteiger partial charge in [-0.3, -0.25) is 9.59 Å². The Labute approximate surface area is 138 Å². The molecule has 0 aliphatic carbocycles. The lowest BCUT2D eigenvalue weighted by Crippen LogP contribution is -2.24. The summed E-state index contributed by atoms with van der Waals surface area (Å²) in [5.74, 6) is -0.159. The van der Waals surface area contributed by atoms with Crippen LogP contribution in [-0.4, -0.2) is 29.6 Å². The molecule has 0 spiro atoms. The number of aliphatic carboxylic acids is 1. The smallest absolute Gasteiger partial charge is 0.303 e. The van der Waals surface area contributed by atoms with Gasteiger partial charge < -0.3 is 15.2 Å². The van der Waals surface area contributed by atoms with Crippen molar-refractivity contribution >= 4 is 11.9 Å². The molecule has 1 aromatic carbocycles. The number of benzene rings is 1. The second kappa shape index (κ2) is 9.87. The third-order valence-electron chi connectivity index (χ3n) is 3.71. The first kappa shape index (κ1) is 19.0. The summed E-state index contributed by atoms with van der Waals surface area (Å²) in [7, 11) is 0. The molecule has 0 fully saturated rings. The molecule has 0 aromatic heterocycles. The molecule has 0 bridgehead atoms. The van der Waals surface area contributed by atoms with Crippen LogP contribution in [0.4, 0.5) is 0 Å². The Kier molecular flexibility index (Phi) is 8.16. The average molecular weight is 321 g/mol. The third kappa shape index (κ3) is 7.17. The van der Waals surface area contributed by atoms with E-state index in [1.54, 1.807) is 12.1 Å². The van der Waals surface area contributed by atoms with E-state index < -0.39 is 5.97 Å². The first-order valence-electron chi connectivity index (χ1n) is 8.21. The number of hydrogen-bond acceptors (Lipinski definition) is 3. The lowest BCUT2D eigenvalue weighted by Gasteiger charge is -2.15. The Morgan fingerprint density at radius 1 is 1.26 bits per heavy atom. The molecule has 1 atom stereocenters. The predicted molar refractivity (Wildman–Crippen MR) is 90.0 cm³/mol. The number of aryl methyl sites for hydroxylation is 1. The number of ether oxygens (including phenoxy) is 1. The minimum Gasteiger partial charge on any atom is -0.490 e. The monoisotopic (exact) mass is 321 g/mol. The highest BCUT2D eigenvalue weighted by Gasteiger charge is 2.10. The number of amides is 1. The fourth-order valence-corrected chi connectivity index (χ4v) is 2.05. The van der Waals surface area contributed by atoms with E-state index in [-0.39, 0.29) is 18.4 Å². The second-order valence-corrected chi connectivity index (χ2v) is 5.78. The number of hydrogen-bond donors (Lipinski definition) is 2. The van der Waals surface area contributed by atoms with Crippen molar-refractivity contribution in [3.63, 3.8) is 0 Å². The molecule has 0 radical (unpaired) electrons. The molecule has 1 unspecified atom stereocenters. The molecule has 128 valence electrons. The van der Waals surface area contributed by atoms with Crippen molar-refractivity contribution in [2.45, 2.75) is 59.0 Å². The number of carboxylic acids is 1. The molecule has 23 heavy (non-hydrogen) atoms. The van der Waals surface area contributed by atoms with Crippen LogP contribution in [0.5, 0.6) is 5.75 Å². The number of carbonyl (C=O) groups is 2. The van der Waals surface area contributed by atoms with Gasteiger partial charge in [-0.05, 0) is 50.8 Å². The number of rotatable bonds is 10. The molecular formula is C18H27NO4. The fourth-order valence-electron chi connectivity index (χ4n) is 2.05. The van der Waals surface area contributed by atoms with Crippen molar-refractivity contribution in [2.75, 3.05) is 6.54 Å². The summed E-state index contributed by atoms with van der Waals surface area (Å²) < 4.78 is 5.83. The van der Waals surface area contributed by atoms with Gasteiger partial charge in [-0.2, -0.15) is 0 Å². The Hall–Kier alpha value is -2.04. The summed E-state index contributed by atoms with van der Waals surface area (Å²) in [5.41, 5.74) is 1.59. The van der Waals surface area contributed by atoms with Crippen LogP contribution < -0.4 is 10.1 Å². The lowest BCUT2D eigenvalue weighted by atomic mass is 10.1. The Balaban J connectivity index is 2.46. The Bertz CT molecular complexity index is 528. The molecule has 0 saturated heterocycles. The van der Waals surface area contributed by atoms with Crippen LogP contribution >= 0.6 is 0 Å². The van der Waals surface area contributed by atoms with Gasteiger partial charge in [0.05, 0.1) is 6.10 Å². The van der Waals surface area contributed by atoms with Crippen molar-refractivity contribution in [1.29, 1.82) is 0 Å². The van der Waals surface area contributed by atoms with Gasteiger partial charge in [0.1, 0.15) is 5.75 Å². The molecule has 0 aliphatic heterocycles. The summed E-state index contributed by atoms with van der Waals surface area (Å²) in [4.78, 5) is 22.5. The SMILES string of the molecule is CCC(C)Oc1cc(C(=O)NCCCCCC(=O)O)ccc1C. The highest BCUT2D eigenvalue weighted by atomic mass is 16.5. The van der Waals surface area contributed by atoms with Gasteiger partial charge in [-0.25, -0.2) is 0 Å². The summed E-state index contributed by atoms with van der Waals surface area (Å²) in [6.07, 6.45) is 3.42. The van der Waals surface area contributed by atoms with E-state index in [4.69, 9.17) is 9.84 Å². The number of nitrogens with one attached hydrogen (secondary N) is 1. The highest BCUT2D eigenvalue weighted by molar-refractivity contribution is 5.94. The van der Waals surface area contributed by atoms with Gasteiger partial charge in [0.2, 0.25) is 0 Å². The van der Waals surface area contributed by atoms with Crippen LogP contribution in [-0.2, 0) is 4.79 Å². The topological polar surface area (TPSA) is 75.6 Å². The van der Waals surface area contributed by atoms with E-state index in [2.05, 4.69) is 12.2 Å². The zero-order valence-electron chi connectivity index (χ0n) is 14.2. The molecular weight excluding hydrogens is 294 g/mol. The van der Waals surface area contributed by atoms with Gasteiger partial charge in [-0.15, -0.1) is 0 Å². The maximum Gasteiger partial charge on any atom is 0.303 e. The standard InChI is InChI=1S/C18H27NO4/c1-4-14(3)23-16-12-15(10-9-13(16)2)18(22)19-11-7-5-6-8-17(20)21/h9-10,12,14H,4-8,11H2,1-3H3,(H,19,22)(H,20,21). The van der Waals surface area contributed by atoms with Crippen LogP contribution in [0.15, 0.2) is 18.2 Å². The van der Waals surface area contributed by atoms with E-state index in [0.717, 1.165) is 30.6 Å². The van der Waals surface area contributed by atoms with Crippen molar-refractivity contribution in [3.8, 4) is 5.75 Å². The summed E-state index contributed by atoms with van der Waals surface area (Å²) >= 11 is 0. The normalized spacial score (nSPS) is 11.8. The van der Waals surface area contributed by atoms with Gasteiger partial charge >= 0.3 is 5.97 Å². The second-order valence-electron chi connectivity index (χ2n) is 5.78. The molecule has 5 heteroatoms.